The summed E-state index contributed by atoms with van der Waals surface area (Å²) in [6.07, 6.45) is 3.44. The van der Waals surface area contributed by atoms with Crippen molar-refractivity contribution < 1.29 is 16.8 Å². The van der Waals surface area contributed by atoms with E-state index in [1.165, 1.54) is 0 Å². The summed E-state index contributed by atoms with van der Waals surface area (Å²) in [5, 5.41) is 3.20. The molecule has 2 aliphatic heterocycles. The molecule has 2 saturated heterocycles. The minimum Gasteiger partial charge on any atom is -0.310 e. The number of piperidine rings is 1. The fraction of sp³-hybridized carbons (Fsp3) is 1.00. The molecular formula is C15H30N2O4S2. The molecule has 0 aromatic rings. The molecule has 1 N–H and O–H groups in total. The van der Waals surface area contributed by atoms with Crippen molar-refractivity contribution in [1.29, 1.82) is 0 Å². The largest absolute Gasteiger partial charge is 0.310 e. The van der Waals surface area contributed by atoms with Crippen molar-refractivity contribution in [2.45, 2.75) is 56.9 Å². The van der Waals surface area contributed by atoms with Gasteiger partial charge in [0.1, 0.15) is 0 Å². The van der Waals surface area contributed by atoms with Crippen LogP contribution in [0.15, 0.2) is 0 Å². The van der Waals surface area contributed by atoms with E-state index in [1.807, 2.05) is 0 Å². The smallest absolute Gasteiger partial charge is 0.152 e. The third-order valence-corrected chi connectivity index (χ3v) is 8.97. The lowest BCUT2D eigenvalue weighted by Crippen LogP contribution is -2.46. The van der Waals surface area contributed by atoms with Gasteiger partial charge in [-0.05, 0) is 59.2 Å². The van der Waals surface area contributed by atoms with Crippen LogP contribution in [0.3, 0.4) is 0 Å². The van der Waals surface area contributed by atoms with Gasteiger partial charge in [-0.1, -0.05) is 0 Å². The molecule has 0 bridgehead atoms. The molecule has 1 atom stereocenters. The van der Waals surface area contributed by atoms with Crippen LogP contribution in [0.25, 0.3) is 0 Å². The minimum absolute atomic E-state index is 0.118. The van der Waals surface area contributed by atoms with Crippen LogP contribution in [-0.2, 0) is 19.7 Å². The molecule has 0 spiro atoms. The Kier molecular flexibility index (Phi) is 6.49. The SMILES string of the molecule is CC(C)S(=O)(=O)CCCN1CCC(NC2CCS(=O)(=O)C2)CC1. The summed E-state index contributed by atoms with van der Waals surface area (Å²) in [5.74, 6) is 0.858. The number of hydrogen-bond donors (Lipinski definition) is 1. The number of nitrogens with zero attached hydrogens (tertiary/aromatic N) is 1. The zero-order chi connectivity index (χ0) is 17.1. The molecule has 2 rings (SSSR count). The van der Waals surface area contributed by atoms with Gasteiger partial charge in [0.25, 0.3) is 0 Å². The van der Waals surface area contributed by atoms with Crippen molar-refractivity contribution in [2.24, 2.45) is 0 Å². The summed E-state index contributed by atoms with van der Waals surface area (Å²) in [6.45, 7) is 6.21. The van der Waals surface area contributed by atoms with Gasteiger partial charge in [0, 0.05) is 12.1 Å². The second-order valence-electron chi connectivity index (χ2n) is 7.15. The molecule has 23 heavy (non-hydrogen) atoms. The van der Waals surface area contributed by atoms with Crippen LogP contribution in [0.4, 0.5) is 0 Å². The Labute approximate surface area is 140 Å². The first-order chi connectivity index (χ1) is 10.7. The minimum atomic E-state index is -2.93. The zero-order valence-electron chi connectivity index (χ0n) is 14.2. The third kappa shape index (κ3) is 5.99. The van der Waals surface area contributed by atoms with E-state index in [-0.39, 0.29) is 22.8 Å². The lowest BCUT2D eigenvalue weighted by atomic mass is 10.0. The maximum atomic E-state index is 11.8. The number of likely N-dealkylation sites (tertiary alicyclic amines) is 1. The number of rotatable bonds is 7. The summed E-state index contributed by atoms with van der Waals surface area (Å²) < 4.78 is 46.6. The molecule has 0 amide bonds. The monoisotopic (exact) mass is 366 g/mol. The first-order valence-corrected chi connectivity index (χ1v) is 12.1. The molecule has 8 heteroatoms. The normalized spacial score (nSPS) is 26.8. The molecule has 0 saturated carbocycles. The highest BCUT2D eigenvalue weighted by Crippen LogP contribution is 2.16. The van der Waals surface area contributed by atoms with E-state index < -0.39 is 19.7 Å². The summed E-state index contributed by atoms with van der Waals surface area (Å²) in [6, 6.07) is 0.511. The van der Waals surface area contributed by atoms with Crippen molar-refractivity contribution >= 4 is 19.7 Å². The van der Waals surface area contributed by atoms with Crippen LogP contribution in [0.2, 0.25) is 0 Å². The van der Waals surface area contributed by atoms with Gasteiger partial charge in [-0.25, -0.2) is 16.8 Å². The molecule has 2 aliphatic rings. The van der Waals surface area contributed by atoms with Crippen molar-refractivity contribution in [3.63, 3.8) is 0 Å². The Balaban J connectivity index is 1.65. The molecule has 136 valence electrons. The highest BCUT2D eigenvalue weighted by atomic mass is 32.2. The average molecular weight is 367 g/mol. The highest BCUT2D eigenvalue weighted by Gasteiger charge is 2.30. The summed E-state index contributed by atoms with van der Waals surface area (Å²) in [7, 11) is -5.75. The Morgan fingerprint density at radius 1 is 1.13 bits per heavy atom. The lowest BCUT2D eigenvalue weighted by molar-refractivity contribution is 0.193. The van der Waals surface area contributed by atoms with Crippen LogP contribution >= 0.6 is 0 Å². The lowest BCUT2D eigenvalue weighted by Gasteiger charge is -2.33. The van der Waals surface area contributed by atoms with Gasteiger partial charge >= 0.3 is 0 Å². The van der Waals surface area contributed by atoms with Crippen LogP contribution in [0.5, 0.6) is 0 Å². The Morgan fingerprint density at radius 2 is 1.78 bits per heavy atom. The van der Waals surface area contributed by atoms with E-state index in [0.29, 0.717) is 18.2 Å². The molecule has 0 aliphatic carbocycles. The first-order valence-electron chi connectivity index (χ1n) is 8.58. The van der Waals surface area contributed by atoms with E-state index in [0.717, 1.165) is 38.9 Å². The standard InChI is InChI=1S/C15H30N2O4S2/c1-13(2)23(20,21)10-3-7-17-8-4-14(5-9-17)16-15-6-11-22(18,19)12-15/h13-16H,3-12H2,1-2H3. The van der Waals surface area contributed by atoms with Crippen molar-refractivity contribution in [1.82, 2.24) is 10.2 Å². The summed E-state index contributed by atoms with van der Waals surface area (Å²) in [4.78, 5) is 2.32. The van der Waals surface area contributed by atoms with Crippen LogP contribution in [-0.4, -0.2) is 76.0 Å². The van der Waals surface area contributed by atoms with E-state index in [4.69, 9.17) is 0 Å². The third-order valence-electron chi connectivity index (χ3n) is 4.91. The molecule has 2 heterocycles. The van der Waals surface area contributed by atoms with Crippen molar-refractivity contribution in [3.05, 3.63) is 0 Å². The molecular weight excluding hydrogens is 336 g/mol. The van der Waals surface area contributed by atoms with Crippen LogP contribution in [0, 0.1) is 0 Å². The fourth-order valence-electron chi connectivity index (χ4n) is 3.31. The molecule has 2 fully saturated rings. The van der Waals surface area contributed by atoms with E-state index in [9.17, 15) is 16.8 Å². The number of hydrogen-bond acceptors (Lipinski definition) is 6. The predicted octanol–water partition coefficient (Wildman–Crippen LogP) is 0.441. The van der Waals surface area contributed by atoms with E-state index in [2.05, 4.69) is 10.2 Å². The van der Waals surface area contributed by atoms with Gasteiger partial charge in [0.15, 0.2) is 19.7 Å². The fourth-order valence-corrected chi connectivity index (χ4v) is 6.00. The van der Waals surface area contributed by atoms with Gasteiger partial charge in [-0.2, -0.15) is 0 Å². The molecule has 0 radical (unpaired) electrons. The van der Waals surface area contributed by atoms with Crippen LogP contribution < -0.4 is 5.32 Å². The Hall–Kier alpha value is -0.180. The average Bonchev–Trinajstić information content (AvgIpc) is 2.79. The maximum absolute atomic E-state index is 11.8. The van der Waals surface area contributed by atoms with Gasteiger partial charge in [-0.3, -0.25) is 0 Å². The topological polar surface area (TPSA) is 83.6 Å². The van der Waals surface area contributed by atoms with Crippen molar-refractivity contribution in [2.75, 3.05) is 36.9 Å². The van der Waals surface area contributed by atoms with Gasteiger partial charge in [-0.15, -0.1) is 0 Å². The predicted molar refractivity (Wildman–Crippen MR) is 93.2 cm³/mol. The summed E-state index contributed by atoms with van der Waals surface area (Å²) >= 11 is 0. The zero-order valence-corrected chi connectivity index (χ0v) is 15.8. The first kappa shape index (κ1) is 19.1. The van der Waals surface area contributed by atoms with Crippen LogP contribution in [0.1, 0.15) is 39.5 Å². The molecule has 0 aromatic heterocycles. The van der Waals surface area contributed by atoms with Gasteiger partial charge in [0.05, 0.1) is 22.5 Å². The van der Waals surface area contributed by atoms with E-state index in [1.54, 1.807) is 13.8 Å². The van der Waals surface area contributed by atoms with Gasteiger partial charge in [0.2, 0.25) is 0 Å². The highest BCUT2D eigenvalue weighted by molar-refractivity contribution is 7.92. The second-order valence-corrected chi connectivity index (χ2v) is 12.1. The van der Waals surface area contributed by atoms with Gasteiger partial charge < -0.3 is 10.2 Å². The number of nitrogens with one attached hydrogen (secondary N) is 1. The molecule has 0 aromatic carbocycles. The quantitative estimate of drug-likeness (QED) is 0.704. The molecule has 1 unspecified atom stereocenters. The Morgan fingerprint density at radius 3 is 2.30 bits per heavy atom. The second kappa shape index (κ2) is 7.80. The van der Waals surface area contributed by atoms with E-state index >= 15 is 0 Å². The maximum Gasteiger partial charge on any atom is 0.152 e. The Bertz CT molecular complexity index is 579. The molecule has 6 nitrogen and oxygen atoms in total. The number of sulfone groups is 2. The van der Waals surface area contributed by atoms with Crippen molar-refractivity contribution in [3.8, 4) is 0 Å². The summed E-state index contributed by atoms with van der Waals surface area (Å²) in [5.41, 5.74) is 0.